The normalized spacial score (nSPS) is 23.2. The highest BCUT2D eigenvalue weighted by molar-refractivity contribution is 8.00. The Kier molecular flexibility index (Phi) is 2.52. The van der Waals surface area contributed by atoms with Crippen molar-refractivity contribution in [1.29, 1.82) is 0 Å². The molecule has 0 saturated carbocycles. The Morgan fingerprint density at radius 3 is 2.89 bits per heavy atom. The van der Waals surface area contributed by atoms with Crippen LogP contribution in [0.15, 0.2) is 66.0 Å². The van der Waals surface area contributed by atoms with Crippen molar-refractivity contribution in [2.24, 2.45) is 0 Å². The van der Waals surface area contributed by atoms with Gasteiger partial charge in [0.1, 0.15) is 6.33 Å². The minimum Gasteiger partial charge on any atom is -0.245 e. The molecule has 2 heterocycles. The SMILES string of the molecule is C1=CC2Sc3cc(-c4ccncn4)ccc3C2C=C1. The Balaban J connectivity index is 1.77. The lowest BCUT2D eigenvalue weighted by atomic mass is 9.92. The van der Waals surface area contributed by atoms with Crippen molar-refractivity contribution < 1.29 is 0 Å². The molecular formula is C16H12N2S. The molecule has 0 amide bonds. The molecule has 0 bridgehead atoms. The summed E-state index contributed by atoms with van der Waals surface area (Å²) in [6, 6.07) is 8.61. The van der Waals surface area contributed by atoms with E-state index in [1.54, 1.807) is 12.5 Å². The third-order valence-electron chi connectivity index (χ3n) is 3.60. The van der Waals surface area contributed by atoms with E-state index >= 15 is 0 Å². The van der Waals surface area contributed by atoms with Gasteiger partial charge in [-0.1, -0.05) is 36.4 Å². The third-order valence-corrected chi connectivity index (χ3v) is 4.93. The van der Waals surface area contributed by atoms with Crippen molar-refractivity contribution in [3.05, 3.63) is 66.7 Å². The van der Waals surface area contributed by atoms with Crippen LogP contribution in [0.1, 0.15) is 11.5 Å². The standard InChI is InChI=1S/C16H12N2S/c1-2-4-15-12(3-1)13-6-5-11(9-16(13)19-15)14-7-8-17-10-18-14/h1-10,12,15H. The molecule has 0 radical (unpaired) electrons. The second kappa shape index (κ2) is 4.35. The van der Waals surface area contributed by atoms with Crippen molar-refractivity contribution in [1.82, 2.24) is 9.97 Å². The monoisotopic (exact) mass is 264 g/mol. The second-order valence-corrected chi connectivity index (χ2v) is 5.95. The number of benzene rings is 1. The smallest absolute Gasteiger partial charge is 0.116 e. The number of thioether (sulfide) groups is 1. The fourth-order valence-corrected chi connectivity index (χ4v) is 4.04. The van der Waals surface area contributed by atoms with E-state index in [0.717, 1.165) is 5.69 Å². The maximum atomic E-state index is 4.32. The molecule has 1 aliphatic carbocycles. The summed E-state index contributed by atoms with van der Waals surface area (Å²) in [6.07, 6.45) is 12.3. The molecule has 0 saturated heterocycles. The molecule has 19 heavy (non-hydrogen) atoms. The van der Waals surface area contributed by atoms with Crippen LogP contribution in [0.25, 0.3) is 11.3 Å². The molecule has 2 atom stereocenters. The van der Waals surface area contributed by atoms with Crippen LogP contribution in [-0.2, 0) is 0 Å². The lowest BCUT2D eigenvalue weighted by Crippen LogP contribution is -2.06. The first-order valence-electron chi connectivity index (χ1n) is 6.34. The maximum Gasteiger partial charge on any atom is 0.116 e. The first-order valence-corrected chi connectivity index (χ1v) is 7.22. The molecule has 92 valence electrons. The first kappa shape index (κ1) is 11.0. The predicted molar refractivity (Wildman–Crippen MR) is 78.1 cm³/mol. The van der Waals surface area contributed by atoms with Gasteiger partial charge in [-0.05, 0) is 17.7 Å². The molecule has 1 aromatic heterocycles. The predicted octanol–water partition coefficient (Wildman–Crippen LogP) is 3.83. The summed E-state index contributed by atoms with van der Waals surface area (Å²) < 4.78 is 0. The van der Waals surface area contributed by atoms with Gasteiger partial charge in [0.2, 0.25) is 0 Å². The van der Waals surface area contributed by atoms with E-state index in [4.69, 9.17) is 0 Å². The molecule has 1 aliphatic heterocycles. The summed E-state index contributed by atoms with van der Waals surface area (Å²) in [5.41, 5.74) is 3.59. The molecule has 0 spiro atoms. The molecule has 2 aliphatic rings. The van der Waals surface area contributed by atoms with E-state index in [2.05, 4.69) is 52.5 Å². The number of hydrogen-bond acceptors (Lipinski definition) is 3. The van der Waals surface area contributed by atoms with Crippen LogP contribution in [0.4, 0.5) is 0 Å². The zero-order valence-electron chi connectivity index (χ0n) is 10.2. The van der Waals surface area contributed by atoms with E-state index in [1.165, 1.54) is 16.0 Å². The van der Waals surface area contributed by atoms with Gasteiger partial charge in [-0.2, -0.15) is 0 Å². The molecule has 3 heteroatoms. The summed E-state index contributed by atoms with van der Waals surface area (Å²) in [7, 11) is 0. The number of hydrogen-bond donors (Lipinski definition) is 0. The molecule has 0 fully saturated rings. The summed E-state index contributed by atoms with van der Waals surface area (Å²) >= 11 is 1.95. The van der Waals surface area contributed by atoms with Gasteiger partial charge in [0.05, 0.1) is 5.69 Å². The van der Waals surface area contributed by atoms with Gasteiger partial charge in [-0.15, -0.1) is 11.8 Å². The zero-order valence-corrected chi connectivity index (χ0v) is 11.0. The molecule has 0 N–H and O–H groups in total. The van der Waals surface area contributed by atoms with Gasteiger partial charge in [0.15, 0.2) is 0 Å². The largest absolute Gasteiger partial charge is 0.245 e. The summed E-state index contributed by atoms with van der Waals surface area (Å²) in [6.45, 7) is 0. The molecular weight excluding hydrogens is 252 g/mol. The van der Waals surface area contributed by atoms with Crippen molar-refractivity contribution in [3.8, 4) is 11.3 Å². The summed E-state index contributed by atoms with van der Waals surface area (Å²) in [4.78, 5) is 9.66. The Hall–Kier alpha value is -1.87. The fraction of sp³-hybridized carbons (Fsp3) is 0.125. The van der Waals surface area contributed by atoms with Crippen molar-refractivity contribution in [3.63, 3.8) is 0 Å². The van der Waals surface area contributed by atoms with Gasteiger partial charge in [0, 0.05) is 27.8 Å². The Morgan fingerprint density at radius 2 is 2.00 bits per heavy atom. The average molecular weight is 264 g/mol. The molecule has 4 rings (SSSR count). The highest BCUT2D eigenvalue weighted by atomic mass is 32.2. The van der Waals surface area contributed by atoms with Gasteiger partial charge in [-0.3, -0.25) is 0 Å². The van der Waals surface area contributed by atoms with Crippen LogP contribution in [0.3, 0.4) is 0 Å². The van der Waals surface area contributed by atoms with Gasteiger partial charge < -0.3 is 0 Å². The lowest BCUT2D eigenvalue weighted by molar-refractivity contribution is 0.881. The van der Waals surface area contributed by atoms with E-state index in [1.807, 2.05) is 17.8 Å². The molecule has 2 aromatic rings. The van der Waals surface area contributed by atoms with Gasteiger partial charge in [-0.25, -0.2) is 9.97 Å². The fourth-order valence-electron chi connectivity index (χ4n) is 2.66. The number of aromatic nitrogens is 2. The van der Waals surface area contributed by atoms with Crippen molar-refractivity contribution >= 4 is 11.8 Å². The number of nitrogens with zero attached hydrogens (tertiary/aromatic N) is 2. The van der Waals surface area contributed by atoms with Crippen molar-refractivity contribution in [2.75, 3.05) is 0 Å². The number of fused-ring (bicyclic) bond motifs is 3. The maximum absolute atomic E-state index is 4.32. The van der Waals surface area contributed by atoms with E-state index < -0.39 is 0 Å². The highest BCUT2D eigenvalue weighted by Gasteiger charge is 2.30. The Morgan fingerprint density at radius 1 is 1.05 bits per heavy atom. The third kappa shape index (κ3) is 1.81. The Labute approximate surface area is 116 Å². The van der Waals surface area contributed by atoms with Crippen LogP contribution in [0, 0.1) is 0 Å². The van der Waals surface area contributed by atoms with Crippen LogP contribution in [0.2, 0.25) is 0 Å². The van der Waals surface area contributed by atoms with Gasteiger partial charge in [0.25, 0.3) is 0 Å². The van der Waals surface area contributed by atoms with E-state index in [9.17, 15) is 0 Å². The minimum absolute atomic E-state index is 0.532. The highest BCUT2D eigenvalue weighted by Crippen LogP contribution is 2.48. The molecule has 1 aromatic carbocycles. The topological polar surface area (TPSA) is 25.8 Å². The van der Waals surface area contributed by atoms with Crippen LogP contribution in [0.5, 0.6) is 0 Å². The lowest BCUT2D eigenvalue weighted by Gasteiger charge is -2.14. The first-order chi connectivity index (χ1) is 9.42. The van der Waals surface area contributed by atoms with Crippen LogP contribution in [-0.4, -0.2) is 15.2 Å². The zero-order chi connectivity index (χ0) is 12.7. The average Bonchev–Trinajstić information content (AvgIpc) is 2.86. The number of allylic oxidation sites excluding steroid dienone is 3. The van der Waals surface area contributed by atoms with E-state index in [0.29, 0.717) is 11.2 Å². The van der Waals surface area contributed by atoms with Crippen molar-refractivity contribution in [2.45, 2.75) is 16.1 Å². The molecule has 2 nitrogen and oxygen atoms in total. The second-order valence-electron chi connectivity index (χ2n) is 4.73. The minimum atomic E-state index is 0.532. The van der Waals surface area contributed by atoms with Gasteiger partial charge >= 0.3 is 0 Å². The number of rotatable bonds is 1. The summed E-state index contributed by atoms with van der Waals surface area (Å²) in [5.74, 6) is 0.532. The quantitative estimate of drug-likeness (QED) is 0.783. The van der Waals surface area contributed by atoms with E-state index in [-0.39, 0.29) is 0 Å². The Bertz CT molecular complexity index is 676. The van der Waals surface area contributed by atoms with Crippen LogP contribution >= 0.6 is 11.8 Å². The van der Waals surface area contributed by atoms with Crippen LogP contribution < -0.4 is 0 Å². The molecule has 2 unspecified atom stereocenters. The summed E-state index contributed by atoms with van der Waals surface area (Å²) in [5, 5.41) is 0.556.